The van der Waals surface area contributed by atoms with E-state index in [0.717, 1.165) is 0 Å². The average Bonchev–Trinajstić information content (AvgIpc) is 2.42. The molecule has 0 amide bonds. The first-order valence-electron chi connectivity index (χ1n) is 6.37. The van der Waals surface area contributed by atoms with Crippen LogP contribution in [-0.2, 0) is 12.0 Å². The maximum Gasteiger partial charge on any atom is 0.225 e. The molecule has 2 aromatic rings. The van der Waals surface area contributed by atoms with Crippen LogP contribution >= 0.6 is 23.2 Å². The van der Waals surface area contributed by atoms with Gasteiger partial charge in [0.05, 0.1) is 10.6 Å². The number of benzene rings is 1. The Hall–Kier alpha value is -1.30. The van der Waals surface area contributed by atoms with E-state index in [4.69, 9.17) is 23.2 Å². The summed E-state index contributed by atoms with van der Waals surface area (Å²) in [5.41, 5.74) is -0.0589. The Morgan fingerprint density at radius 2 is 2.00 bits per heavy atom. The van der Waals surface area contributed by atoms with Crippen molar-refractivity contribution in [2.45, 2.75) is 32.3 Å². The lowest BCUT2D eigenvalue weighted by molar-refractivity contribution is 0.0519. The van der Waals surface area contributed by atoms with Crippen LogP contribution in [0.2, 0.25) is 10.3 Å². The molecule has 1 aromatic carbocycles. The highest BCUT2D eigenvalue weighted by atomic mass is 35.5. The second-order valence-electron chi connectivity index (χ2n) is 4.90. The van der Waals surface area contributed by atoms with Crippen molar-refractivity contribution in [1.82, 2.24) is 15.0 Å². The smallest absolute Gasteiger partial charge is 0.225 e. The SMILES string of the molecule is CCC(C)(O)c1cc(F)c(Cl)cc1Cc1ncnc(Cl)n1. The van der Waals surface area contributed by atoms with Gasteiger partial charge in [0.1, 0.15) is 18.0 Å². The summed E-state index contributed by atoms with van der Waals surface area (Å²) in [5.74, 6) is -0.149. The molecule has 0 spiro atoms. The Morgan fingerprint density at radius 1 is 1.29 bits per heavy atom. The van der Waals surface area contributed by atoms with Gasteiger partial charge in [-0.2, -0.15) is 0 Å². The maximum atomic E-state index is 13.7. The van der Waals surface area contributed by atoms with E-state index in [1.807, 2.05) is 6.92 Å². The second-order valence-corrected chi connectivity index (χ2v) is 5.64. The van der Waals surface area contributed by atoms with Gasteiger partial charge in [-0.3, -0.25) is 0 Å². The summed E-state index contributed by atoms with van der Waals surface area (Å²) in [4.78, 5) is 11.7. The highest BCUT2D eigenvalue weighted by Gasteiger charge is 2.26. The van der Waals surface area contributed by atoms with Gasteiger partial charge in [0.25, 0.3) is 0 Å². The predicted molar refractivity (Wildman–Crippen MR) is 78.9 cm³/mol. The van der Waals surface area contributed by atoms with E-state index in [9.17, 15) is 9.50 Å². The van der Waals surface area contributed by atoms with Crippen LogP contribution in [0.5, 0.6) is 0 Å². The zero-order valence-electron chi connectivity index (χ0n) is 11.6. The molecule has 0 bridgehead atoms. The third-order valence-electron chi connectivity index (χ3n) is 3.36. The third-order valence-corrected chi connectivity index (χ3v) is 3.83. The molecular formula is C14H14Cl2FN3O. The topological polar surface area (TPSA) is 58.9 Å². The first-order chi connectivity index (χ1) is 9.83. The van der Waals surface area contributed by atoms with Gasteiger partial charge in [-0.05, 0) is 48.2 Å². The number of halogens is 3. The summed E-state index contributed by atoms with van der Waals surface area (Å²) in [6.45, 7) is 3.44. The molecule has 7 heteroatoms. The van der Waals surface area contributed by atoms with Crippen LogP contribution in [0, 0.1) is 5.82 Å². The standard InChI is InChI=1S/C14H14Cl2FN3O/c1-3-14(2,21)9-6-11(17)10(15)4-8(9)5-12-18-7-19-13(16)20-12/h4,6-7,21H,3,5H2,1-2H3. The molecule has 0 radical (unpaired) electrons. The number of rotatable bonds is 4. The molecule has 4 nitrogen and oxygen atoms in total. The molecule has 1 unspecified atom stereocenters. The van der Waals surface area contributed by atoms with E-state index < -0.39 is 11.4 Å². The van der Waals surface area contributed by atoms with E-state index >= 15 is 0 Å². The first-order valence-corrected chi connectivity index (χ1v) is 7.13. The monoisotopic (exact) mass is 329 g/mol. The van der Waals surface area contributed by atoms with Gasteiger partial charge in [-0.15, -0.1) is 0 Å². The minimum Gasteiger partial charge on any atom is -0.385 e. The van der Waals surface area contributed by atoms with Crippen molar-refractivity contribution in [2.24, 2.45) is 0 Å². The van der Waals surface area contributed by atoms with Crippen LogP contribution in [0.25, 0.3) is 0 Å². The molecule has 0 saturated carbocycles. The molecule has 1 aromatic heterocycles. The lowest BCUT2D eigenvalue weighted by Gasteiger charge is -2.25. The fourth-order valence-corrected chi connectivity index (χ4v) is 2.32. The van der Waals surface area contributed by atoms with Gasteiger partial charge in [0.2, 0.25) is 5.28 Å². The van der Waals surface area contributed by atoms with Crippen molar-refractivity contribution in [3.63, 3.8) is 0 Å². The quantitative estimate of drug-likeness (QED) is 0.932. The Bertz CT molecular complexity index is 665. The Morgan fingerprint density at radius 3 is 2.62 bits per heavy atom. The molecule has 0 aliphatic heterocycles. The molecule has 21 heavy (non-hydrogen) atoms. The fraction of sp³-hybridized carbons (Fsp3) is 0.357. The van der Waals surface area contributed by atoms with Crippen molar-refractivity contribution in [3.05, 3.63) is 51.5 Å². The molecule has 0 fully saturated rings. The number of aromatic nitrogens is 3. The lowest BCUT2D eigenvalue weighted by atomic mass is 9.88. The van der Waals surface area contributed by atoms with Crippen molar-refractivity contribution in [3.8, 4) is 0 Å². The molecule has 0 saturated heterocycles. The van der Waals surface area contributed by atoms with E-state index in [1.165, 1.54) is 18.5 Å². The molecule has 1 atom stereocenters. The van der Waals surface area contributed by atoms with Crippen LogP contribution in [0.15, 0.2) is 18.5 Å². The largest absolute Gasteiger partial charge is 0.385 e. The van der Waals surface area contributed by atoms with Crippen LogP contribution in [-0.4, -0.2) is 20.1 Å². The minimum atomic E-state index is -1.17. The molecule has 1 N–H and O–H groups in total. The minimum absolute atomic E-state index is 0.0131. The van der Waals surface area contributed by atoms with Crippen LogP contribution in [0.4, 0.5) is 4.39 Å². The van der Waals surface area contributed by atoms with Gasteiger partial charge in [0, 0.05) is 6.42 Å². The third kappa shape index (κ3) is 3.67. The lowest BCUT2D eigenvalue weighted by Crippen LogP contribution is -2.22. The van der Waals surface area contributed by atoms with Crippen molar-refractivity contribution >= 4 is 23.2 Å². The summed E-state index contributed by atoms with van der Waals surface area (Å²) in [5, 5.41) is 10.5. The Kier molecular flexibility index (Phi) is 4.76. The Labute approximate surface area is 132 Å². The van der Waals surface area contributed by atoms with Crippen molar-refractivity contribution in [1.29, 1.82) is 0 Å². The van der Waals surface area contributed by atoms with Crippen LogP contribution in [0.1, 0.15) is 37.2 Å². The van der Waals surface area contributed by atoms with Gasteiger partial charge >= 0.3 is 0 Å². The molecule has 112 valence electrons. The zero-order chi connectivity index (χ0) is 15.6. The summed E-state index contributed by atoms with van der Waals surface area (Å²) in [7, 11) is 0. The molecule has 2 rings (SSSR count). The summed E-state index contributed by atoms with van der Waals surface area (Å²) in [6, 6.07) is 2.73. The molecule has 1 heterocycles. The number of aliphatic hydroxyl groups is 1. The molecule has 0 aliphatic rings. The van der Waals surface area contributed by atoms with E-state index in [-0.39, 0.29) is 16.7 Å². The van der Waals surface area contributed by atoms with E-state index in [2.05, 4.69) is 15.0 Å². The summed E-state index contributed by atoms with van der Waals surface area (Å²) < 4.78 is 13.7. The molecular weight excluding hydrogens is 316 g/mol. The normalized spacial score (nSPS) is 14.0. The predicted octanol–water partition coefficient (Wildman–Crippen LogP) is 3.53. The Balaban J connectivity index is 2.49. The second kappa shape index (κ2) is 6.22. The van der Waals surface area contributed by atoms with Crippen LogP contribution < -0.4 is 0 Å². The van der Waals surface area contributed by atoms with Gasteiger partial charge in [-0.25, -0.2) is 19.3 Å². The number of hydrogen-bond donors (Lipinski definition) is 1. The summed E-state index contributed by atoms with van der Waals surface area (Å²) in [6.07, 6.45) is 2.00. The average molecular weight is 330 g/mol. The highest BCUT2D eigenvalue weighted by Crippen LogP contribution is 2.32. The van der Waals surface area contributed by atoms with Gasteiger partial charge in [-0.1, -0.05) is 18.5 Å². The fourth-order valence-electron chi connectivity index (χ4n) is 1.99. The van der Waals surface area contributed by atoms with Crippen molar-refractivity contribution < 1.29 is 9.50 Å². The maximum absolute atomic E-state index is 13.7. The highest BCUT2D eigenvalue weighted by molar-refractivity contribution is 6.30. The van der Waals surface area contributed by atoms with Crippen molar-refractivity contribution in [2.75, 3.05) is 0 Å². The number of nitrogens with zero attached hydrogens (tertiary/aromatic N) is 3. The summed E-state index contributed by atoms with van der Waals surface area (Å²) >= 11 is 11.6. The molecule has 0 aliphatic carbocycles. The van der Waals surface area contributed by atoms with E-state index in [0.29, 0.717) is 23.4 Å². The van der Waals surface area contributed by atoms with Gasteiger partial charge < -0.3 is 5.11 Å². The number of hydrogen-bond acceptors (Lipinski definition) is 4. The van der Waals surface area contributed by atoms with Crippen LogP contribution in [0.3, 0.4) is 0 Å². The van der Waals surface area contributed by atoms with E-state index in [1.54, 1.807) is 6.92 Å². The zero-order valence-corrected chi connectivity index (χ0v) is 13.1. The first kappa shape index (κ1) is 16.1. The van der Waals surface area contributed by atoms with Gasteiger partial charge in [0.15, 0.2) is 0 Å².